The van der Waals surface area contributed by atoms with Gasteiger partial charge in [0, 0.05) is 18.1 Å². The van der Waals surface area contributed by atoms with E-state index in [1.165, 1.54) is 9.69 Å². The highest BCUT2D eigenvalue weighted by Gasteiger charge is 2.36. The third-order valence-corrected chi connectivity index (χ3v) is 7.02. The zero-order valence-corrected chi connectivity index (χ0v) is 24.0. The molecule has 8 nitrogen and oxygen atoms in total. The topological polar surface area (TPSA) is 82.9 Å². The molecule has 2 unspecified atom stereocenters. The van der Waals surface area contributed by atoms with Gasteiger partial charge in [-0.25, -0.2) is 9.78 Å². The molecule has 0 aliphatic carbocycles. The molecule has 0 bridgehead atoms. The monoisotopic (exact) mass is 543 g/mol. The molecule has 0 aliphatic heterocycles. The van der Waals surface area contributed by atoms with E-state index in [1.807, 2.05) is 82.3 Å². The minimum absolute atomic E-state index is 0.0676. The molecule has 3 aromatic carbocycles. The summed E-state index contributed by atoms with van der Waals surface area (Å²) < 4.78 is 18.6. The molecule has 0 radical (unpaired) electrons. The van der Waals surface area contributed by atoms with Gasteiger partial charge in [0.15, 0.2) is 0 Å². The second-order valence-electron chi connectivity index (χ2n) is 10.0. The lowest BCUT2D eigenvalue weighted by Gasteiger charge is -2.35. The van der Waals surface area contributed by atoms with Crippen molar-refractivity contribution in [2.45, 2.75) is 52.7 Å². The van der Waals surface area contributed by atoms with Crippen molar-refractivity contribution >= 4 is 17.0 Å². The highest BCUT2D eigenvalue weighted by molar-refractivity contribution is 5.83. The number of rotatable bonds is 10. The second-order valence-corrected chi connectivity index (χ2v) is 10.0. The van der Waals surface area contributed by atoms with Crippen molar-refractivity contribution in [3.05, 3.63) is 100 Å². The van der Waals surface area contributed by atoms with Gasteiger partial charge in [0.05, 0.1) is 25.1 Å². The number of fused-ring (bicyclic) bond motifs is 1. The molecule has 4 rings (SSSR count). The van der Waals surface area contributed by atoms with Gasteiger partial charge in [-0.15, -0.1) is 0 Å². The van der Waals surface area contributed by atoms with Gasteiger partial charge >= 0.3 is 6.09 Å². The zero-order chi connectivity index (χ0) is 28.8. The van der Waals surface area contributed by atoms with E-state index < -0.39 is 18.2 Å². The fourth-order valence-electron chi connectivity index (χ4n) is 4.56. The van der Waals surface area contributed by atoms with Crippen LogP contribution >= 0.6 is 0 Å². The van der Waals surface area contributed by atoms with Gasteiger partial charge in [0.2, 0.25) is 0 Å². The molecule has 0 saturated carbocycles. The summed E-state index contributed by atoms with van der Waals surface area (Å²) in [7, 11) is 3.15. The van der Waals surface area contributed by atoms with Crippen molar-refractivity contribution in [1.29, 1.82) is 0 Å². The Morgan fingerprint density at radius 2 is 1.65 bits per heavy atom. The van der Waals surface area contributed by atoms with Crippen LogP contribution in [0, 0.1) is 5.92 Å². The zero-order valence-electron chi connectivity index (χ0n) is 24.0. The lowest BCUT2D eigenvalue weighted by molar-refractivity contribution is 0.0809. The Labute approximate surface area is 235 Å². The number of carbonyl (C=O) groups is 1. The standard InChI is InChI=1S/C32H37N3O5/c1-7-13-29-33-27-17-12-11-16-25(27)31(36)34(29)35(32(37)40-22(4)21(2)3)30(23-14-9-8-10-15-23)26-19-18-24(38-5)20-28(26)39-6/h8-12,14-22,30H,7,13H2,1-6H3. The number of benzene rings is 3. The molecular weight excluding hydrogens is 506 g/mol. The second kappa shape index (κ2) is 12.7. The van der Waals surface area contributed by atoms with Crippen LogP contribution in [-0.4, -0.2) is 36.1 Å². The van der Waals surface area contributed by atoms with Gasteiger partial charge in [0.25, 0.3) is 5.56 Å². The minimum atomic E-state index is -0.787. The lowest BCUT2D eigenvalue weighted by atomic mass is 9.97. The number of hydrogen-bond donors (Lipinski definition) is 0. The summed E-state index contributed by atoms with van der Waals surface area (Å²) in [6, 6.07) is 21.3. The largest absolute Gasteiger partial charge is 0.497 e. The molecule has 0 fully saturated rings. The first-order valence-corrected chi connectivity index (χ1v) is 13.6. The Kier molecular flexibility index (Phi) is 9.09. The third kappa shape index (κ3) is 5.81. The number of aryl methyl sites for hydroxylation is 1. The number of ether oxygens (including phenoxy) is 3. The lowest BCUT2D eigenvalue weighted by Crippen LogP contribution is -2.52. The number of para-hydroxylation sites is 1. The van der Waals surface area contributed by atoms with Crippen molar-refractivity contribution in [3.8, 4) is 11.5 Å². The first kappa shape index (κ1) is 28.7. The van der Waals surface area contributed by atoms with Crippen LogP contribution < -0.4 is 20.0 Å². The maximum atomic E-state index is 14.3. The van der Waals surface area contributed by atoms with Gasteiger partial charge in [0.1, 0.15) is 29.5 Å². The van der Waals surface area contributed by atoms with E-state index in [0.717, 1.165) is 12.0 Å². The van der Waals surface area contributed by atoms with E-state index >= 15 is 0 Å². The first-order valence-electron chi connectivity index (χ1n) is 13.6. The van der Waals surface area contributed by atoms with E-state index in [1.54, 1.807) is 32.4 Å². The van der Waals surface area contributed by atoms with Crippen LogP contribution in [0.5, 0.6) is 11.5 Å². The highest BCUT2D eigenvalue weighted by atomic mass is 16.6. The van der Waals surface area contributed by atoms with Crippen molar-refractivity contribution in [2.24, 2.45) is 5.92 Å². The van der Waals surface area contributed by atoms with Crippen molar-refractivity contribution in [2.75, 3.05) is 19.2 Å². The molecular formula is C32H37N3O5. The average molecular weight is 544 g/mol. The predicted octanol–water partition coefficient (Wildman–Crippen LogP) is 6.27. The summed E-state index contributed by atoms with van der Waals surface area (Å²) in [6.45, 7) is 7.82. The molecule has 0 aliphatic rings. The molecule has 0 saturated heterocycles. The van der Waals surface area contributed by atoms with Crippen LogP contribution in [0.15, 0.2) is 77.6 Å². The summed E-state index contributed by atoms with van der Waals surface area (Å²) in [5.74, 6) is 1.64. The number of nitrogens with zero attached hydrogens (tertiary/aromatic N) is 3. The van der Waals surface area contributed by atoms with Crippen molar-refractivity contribution < 1.29 is 19.0 Å². The SMILES string of the molecule is CCCc1nc2ccccc2c(=O)n1N(C(=O)OC(C)C(C)C)C(c1ccccc1)c1ccc(OC)cc1OC. The number of hydrogen-bond acceptors (Lipinski definition) is 6. The Balaban J connectivity index is 2.08. The molecule has 210 valence electrons. The molecule has 2 atom stereocenters. The molecule has 1 heterocycles. The molecule has 0 spiro atoms. The number of aromatic nitrogens is 2. The minimum Gasteiger partial charge on any atom is -0.497 e. The first-order chi connectivity index (χ1) is 19.3. The summed E-state index contributed by atoms with van der Waals surface area (Å²) in [5, 5.41) is 1.80. The van der Waals surface area contributed by atoms with Crippen LogP contribution in [-0.2, 0) is 11.2 Å². The quantitative estimate of drug-likeness (QED) is 0.234. The fourth-order valence-corrected chi connectivity index (χ4v) is 4.56. The van der Waals surface area contributed by atoms with Gasteiger partial charge in [-0.05, 0) is 49.1 Å². The Hall–Kier alpha value is -4.33. The highest BCUT2D eigenvalue weighted by Crippen LogP contribution is 2.37. The number of amides is 1. The third-order valence-electron chi connectivity index (χ3n) is 7.02. The molecule has 40 heavy (non-hydrogen) atoms. The van der Waals surface area contributed by atoms with Gasteiger partial charge in [-0.2, -0.15) is 9.69 Å². The summed E-state index contributed by atoms with van der Waals surface area (Å²) >= 11 is 0. The van der Waals surface area contributed by atoms with Crippen LogP contribution in [0.4, 0.5) is 4.79 Å². The molecule has 0 N–H and O–H groups in total. The van der Waals surface area contributed by atoms with E-state index in [9.17, 15) is 9.59 Å². The predicted molar refractivity (Wildman–Crippen MR) is 157 cm³/mol. The van der Waals surface area contributed by atoms with Gasteiger partial charge in [-0.1, -0.05) is 63.2 Å². The van der Waals surface area contributed by atoms with E-state index in [-0.39, 0.29) is 11.5 Å². The van der Waals surface area contributed by atoms with E-state index in [4.69, 9.17) is 19.2 Å². The Bertz CT molecular complexity index is 1520. The Morgan fingerprint density at radius 3 is 2.30 bits per heavy atom. The average Bonchev–Trinajstić information content (AvgIpc) is 2.97. The Morgan fingerprint density at radius 1 is 0.950 bits per heavy atom. The van der Waals surface area contributed by atoms with Crippen LogP contribution in [0.1, 0.15) is 57.1 Å². The van der Waals surface area contributed by atoms with Crippen LogP contribution in [0.3, 0.4) is 0 Å². The summed E-state index contributed by atoms with van der Waals surface area (Å²) in [6.07, 6.45) is 0.135. The molecule has 1 aromatic heterocycles. The fraction of sp³-hybridized carbons (Fsp3) is 0.344. The van der Waals surface area contributed by atoms with Gasteiger partial charge in [-0.3, -0.25) is 4.79 Å². The van der Waals surface area contributed by atoms with Crippen LogP contribution in [0.25, 0.3) is 10.9 Å². The molecule has 4 aromatic rings. The maximum absolute atomic E-state index is 14.3. The molecule has 1 amide bonds. The van der Waals surface area contributed by atoms with Crippen molar-refractivity contribution in [3.63, 3.8) is 0 Å². The van der Waals surface area contributed by atoms with Gasteiger partial charge < -0.3 is 14.2 Å². The summed E-state index contributed by atoms with van der Waals surface area (Å²) in [5.41, 5.74) is 1.65. The molecule has 8 heteroatoms. The van der Waals surface area contributed by atoms with Crippen molar-refractivity contribution in [1.82, 2.24) is 9.66 Å². The van der Waals surface area contributed by atoms with Crippen LogP contribution in [0.2, 0.25) is 0 Å². The number of carbonyl (C=O) groups excluding carboxylic acids is 1. The van der Waals surface area contributed by atoms with E-state index in [0.29, 0.717) is 40.2 Å². The maximum Gasteiger partial charge on any atom is 0.430 e. The smallest absolute Gasteiger partial charge is 0.430 e. The summed E-state index contributed by atoms with van der Waals surface area (Å²) in [4.78, 5) is 33.3. The van der Waals surface area contributed by atoms with E-state index in [2.05, 4.69) is 0 Å². The number of methoxy groups -OCH3 is 2. The normalized spacial score (nSPS) is 12.7.